The highest BCUT2D eigenvalue weighted by Gasteiger charge is 2.48. The third-order valence-corrected chi connectivity index (χ3v) is 6.01. The number of aromatic nitrogens is 5. The van der Waals surface area contributed by atoms with Crippen LogP contribution in [0.4, 0.5) is 13.2 Å². The largest absolute Gasteiger partial charge is 0.391 e. The molecule has 0 N–H and O–H groups in total. The molecule has 26 heavy (non-hydrogen) atoms. The molecule has 4 aromatic heterocycles. The summed E-state index contributed by atoms with van der Waals surface area (Å²) in [7, 11) is 0. The lowest BCUT2D eigenvalue weighted by Gasteiger charge is -2.35. The number of thiophene rings is 1. The Hall–Kier alpha value is -2.55. The standard InChI is InChI=1S/C17H12F3N5S/c18-17(19,20)12-3-9(4-12)13-5-10-6-22-14(24-15(10)26-13)11-7-23-16-21-1-2-25(16)8-11/h1-2,5-9,12H,3-4H2. The first-order chi connectivity index (χ1) is 12.5. The van der Waals surface area contributed by atoms with Gasteiger partial charge in [0.05, 0.1) is 11.5 Å². The van der Waals surface area contributed by atoms with E-state index < -0.39 is 12.1 Å². The molecule has 1 aliphatic carbocycles. The predicted molar refractivity (Wildman–Crippen MR) is 90.9 cm³/mol. The van der Waals surface area contributed by atoms with Crippen LogP contribution in [0, 0.1) is 5.92 Å². The minimum Gasteiger partial charge on any atom is -0.290 e. The van der Waals surface area contributed by atoms with Gasteiger partial charge in [0.15, 0.2) is 5.82 Å². The van der Waals surface area contributed by atoms with Crippen LogP contribution in [-0.2, 0) is 0 Å². The fourth-order valence-corrected chi connectivity index (χ4v) is 4.37. The molecule has 1 fully saturated rings. The molecule has 0 spiro atoms. The van der Waals surface area contributed by atoms with Crippen molar-refractivity contribution in [3.8, 4) is 11.4 Å². The molecule has 4 aromatic rings. The Morgan fingerprint density at radius 3 is 2.77 bits per heavy atom. The van der Waals surface area contributed by atoms with E-state index in [-0.39, 0.29) is 18.8 Å². The van der Waals surface area contributed by atoms with Gasteiger partial charge in [0.25, 0.3) is 0 Å². The molecule has 132 valence electrons. The molecule has 0 aliphatic heterocycles. The molecule has 0 bridgehead atoms. The van der Waals surface area contributed by atoms with Crippen molar-refractivity contribution in [1.29, 1.82) is 0 Å². The second kappa shape index (κ2) is 5.47. The molecule has 0 radical (unpaired) electrons. The average molecular weight is 375 g/mol. The predicted octanol–water partition coefficient (Wildman–Crippen LogP) is 4.46. The van der Waals surface area contributed by atoms with Crippen LogP contribution in [0.1, 0.15) is 23.6 Å². The van der Waals surface area contributed by atoms with Gasteiger partial charge in [-0.2, -0.15) is 13.2 Å². The minimum atomic E-state index is -4.08. The SMILES string of the molecule is FC(F)(F)C1CC(c2cc3cnc(-c4cnc5nccn5c4)nc3s2)C1. The molecule has 0 amide bonds. The van der Waals surface area contributed by atoms with Crippen molar-refractivity contribution < 1.29 is 13.2 Å². The summed E-state index contributed by atoms with van der Waals surface area (Å²) in [6.07, 6.45) is 4.93. The van der Waals surface area contributed by atoms with Crippen molar-refractivity contribution >= 4 is 27.3 Å². The molecular weight excluding hydrogens is 363 g/mol. The number of imidazole rings is 1. The highest BCUT2D eigenvalue weighted by atomic mass is 32.1. The van der Waals surface area contributed by atoms with Gasteiger partial charge in [0.2, 0.25) is 5.78 Å². The first-order valence-electron chi connectivity index (χ1n) is 8.09. The average Bonchev–Trinajstić information content (AvgIpc) is 3.16. The molecule has 1 saturated carbocycles. The van der Waals surface area contributed by atoms with E-state index in [0.717, 1.165) is 20.7 Å². The van der Waals surface area contributed by atoms with Crippen LogP contribution in [0.25, 0.3) is 27.4 Å². The normalized spacial score (nSPS) is 20.6. The monoisotopic (exact) mass is 375 g/mol. The van der Waals surface area contributed by atoms with E-state index in [1.54, 1.807) is 29.2 Å². The summed E-state index contributed by atoms with van der Waals surface area (Å²) in [5.41, 5.74) is 0.758. The van der Waals surface area contributed by atoms with Crippen molar-refractivity contribution in [3.63, 3.8) is 0 Å². The van der Waals surface area contributed by atoms with Crippen molar-refractivity contribution in [2.75, 3.05) is 0 Å². The summed E-state index contributed by atoms with van der Waals surface area (Å²) in [6.45, 7) is 0. The van der Waals surface area contributed by atoms with Crippen LogP contribution in [-0.4, -0.2) is 30.5 Å². The number of rotatable bonds is 2. The first kappa shape index (κ1) is 15.7. The molecule has 0 unspecified atom stereocenters. The maximum atomic E-state index is 12.7. The van der Waals surface area contributed by atoms with Crippen LogP contribution < -0.4 is 0 Å². The second-order valence-electron chi connectivity index (χ2n) is 6.49. The highest BCUT2D eigenvalue weighted by molar-refractivity contribution is 7.18. The highest BCUT2D eigenvalue weighted by Crippen LogP contribution is 2.51. The van der Waals surface area contributed by atoms with Crippen LogP contribution in [0.5, 0.6) is 0 Å². The molecule has 1 aliphatic rings. The van der Waals surface area contributed by atoms with Gasteiger partial charge in [0.1, 0.15) is 4.83 Å². The zero-order valence-electron chi connectivity index (χ0n) is 13.3. The molecule has 0 aromatic carbocycles. The first-order valence-corrected chi connectivity index (χ1v) is 8.91. The van der Waals surface area contributed by atoms with E-state index >= 15 is 0 Å². The number of halogens is 3. The molecule has 5 nitrogen and oxygen atoms in total. The topological polar surface area (TPSA) is 56.0 Å². The quantitative estimate of drug-likeness (QED) is 0.519. The maximum absolute atomic E-state index is 12.7. The number of hydrogen-bond donors (Lipinski definition) is 0. The van der Waals surface area contributed by atoms with Crippen molar-refractivity contribution in [1.82, 2.24) is 24.3 Å². The van der Waals surface area contributed by atoms with Gasteiger partial charge in [-0.25, -0.2) is 19.9 Å². The summed E-state index contributed by atoms with van der Waals surface area (Å²) in [6, 6.07) is 1.92. The number of nitrogens with zero attached hydrogens (tertiary/aromatic N) is 5. The summed E-state index contributed by atoms with van der Waals surface area (Å²) >= 11 is 1.45. The molecule has 0 saturated heterocycles. The number of hydrogen-bond acceptors (Lipinski definition) is 5. The van der Waals surface area contributed by atoms with Crippen LogP contribution in [0.2, 0.25) is 0 Å². The number of alkyl halides is 3. The van der Waals surface area contributed by atoms with Gasteiger partial charge >= 0.3 is 6.18 Å². The Morgan fingerprint density at radius 1 is 1.12 bits per heavy atom. The van der Waals surface area contributed by atoms with E-state index in [1.165, 1.54) is 11.3 Å². The Bertz CT molecular complexity index is 1110. The molecule has 4 heterocycles. The zero-order valence-corrected chi connectivity index (χ0v) is 14.1. The van der Waals surface area contributed by atoms with E-state index in [0.29, 0.717) is 11.6 Å². The second-order valence-corrected chi connectivity index (χ2v) is 7.55. The lowest BCUT2D eigenvalue weighted by atomic mass is 9.74. The third-order valence-electron chi connectivity index (χ3n) is 4.80. The van der Waals surface area contributed by atoms with Crippen molar-refractivity contribution in [3.05, 3.63) is 41.9 Å². The maximum Gasteiger partial charge on any atom is 0.391 e. The van der Waals surface area contributed by atoms with Crippen LogP contribution in [0.3, 0.4) is 0 Å². The van der Waals surface area contributed by atoms with Gasteiger partial charge < -0.3 is 0 Å². The van der Waals surface area contributed by atoms with Crippen LogP contribution >= 0.6 is 11.3 Å². The smallest absolute Gasteiger partial charge is 0.290 e. The molecular formula is C17H12F3N5S. The summed E-state index contributed by atoms with van der Waals surface area (Å²) in [5, 5.41) is 0.862. The summed E-state index contributed by atoms with van der Waals surface area (Å²) < 4.78 is 39.9. The van der Waals surface area contributed by atoms with Gasteiger partial charge in [-0.15, -0.1) is 11.3 Å². The summed E-state index contributed by atoms with van der Waals surface area (Å²) in [5.74, 6) is -0.0752. The van der Waals surface area contributed by atoms with E-state index in [4.69, 9.17) is 0 Å². The fourth-order valence-electron chi connectivity index (χ4n) is 3.24. The van der Waals surface area contributed by atoms with Gasteiger partial charge in [0, 0.05) is 41.2 Å². The number of fused-ring (bicyclic) bond motifs is 2. The minimum absolute atomic E-state index is 0.0340. The van der Waals surface area contributed by atoms with E-state index in [2.05, 4.69) is 19.9 Å². The van der Waals surface area contributed by atoms with Gasteiger partial charge in [-0.05, 0) is 24.8 Å². The van der Waals surface area contributed by atoms with Gasteiger partial charge in [-0.1, -0.05) is 0 Å². The molecule has 0 atom stereocenters. The molecule has 5 rings (SSSR count). The Morgan fingerprint density at radius 2 is 1.96 bits per heavy atom. The zero-order chi connectivity index (χ0) is 17.9. The molecule has 9 heteroatoms. The Balaban J connectivity index is 1.45. The van der Waals surface area contributed by atoms with Crippen molar-refractivity contribution in [2.45, 2.75) is 24.9 Å². The lowest BCUT2D eigenvalue weighted by Crippen LogP contribution is -2.34. The van der Waals surface area contributed by atoms with Gasteiger partial charge in [-0.3, -0.25) is 4.40 Å². The Labute approximate surface area is 149 Å². The fraction of sp³-hybridized carbons (Fsp3) is 0.294. The third kappa shape index (κ3) is 2.54. The van der Waals surface area contributed by atoms with Crippen molar-refractivity contribution in [2.24, 2.45) is 5.92 Å². The summed E-state index contributed by atoms with van der Waals surface area (Å²) in [4.78, 5) is 19.0. The Kier molecular flexibility index (Phi) is 3.30. The van der Waals surface area contributed by atoms with Crippen LogP contribution in [0.15, 0.2) is 37.1 Å². The lowest BCUT2D eigenvalue weighted by molar-refractivity contribution is -0.197. The van der Waals surface area contributed by atoms with E-state index in [9.17, 15) is 13.2 Å². The van der Waals surface area contributed by atoms with E-state index in [1.807, 2.05) is 12.3 Å².